The van der Waals surface area contributed by atoms with Crippen molar-refractivity contribution in [1.82, 2.24) is 10.2 Å². The standard InChI is InChI=1S/C24H31ClN2O2S/c1-4-5-13-26-24(29)19(3)27(15-21-8-6-7-18(2)14-21)23(28)17-30-16-20-9-11-22(25)12-10-20/h6-12,14,19H,4-5,13,15-17H2,1-3H3,(H,26,29). The smallest absolute Gasteiger partial charge is 0.242 e. The van der Waals surface area contributed by atoms with Crippen LogP contribution in [0.25, 0.3) is 0 Å². The van der Waals surface area contributed by atoms with Crippen molar-refractivity contribution in [2.45, 2.75) is 52.0 Å². The molecule has 0 saturated heterocycles. The molecule has 4 nitrogen and oxygen atoms in total. The molecule has 1 atom stereocenters. The van der Waals surface area contributed by atoms with Crippen LogP contribution in [0.3, 0.4) is 0 Å². The molecule has 0 aliphatic carbocycles. The summed E-state index contributed by atoms with van der Waals surface area (Å²) in [5.74, 6) is 0.903. The average Bonchev–Trinajstić information content (AvgIpc) is 2.73. The molecule has 0 spiro atoms. The van der Waals surface area contributed by atoms with Crippen LogP contribution in [0.5, 0.6) is 0 Å². The number of halogens is 1. The zero-order valence-electron chi connectivity index (χ0n) is 18.0. The Bertz CT molecular complexity index is 826. The number of rotatable bonds is 11. The van der Waals surface area contributed by atoms with Crippen LogP contribution >= 0.6 is 23.4 Å². The molecular weight excluding hydrogens is 416 g/mol. The Kier molecular flexibility index (Phi) is 10.2. The lowest BCUT2D eigenvalue weighted by molar-refractivity contribution is -0.138. The summed E-state index contributed by atoms with van der Waals surface area (Å²) in [5.41, 5.74) is 3.28. The predicted octanol–water partition coefficient (Wildman–Crippen LogP) is 5.22. The van der Waals surface area contributed by atoms with Crippen LogP contribution in [0.2, 0.25) is 5.02 Å². The molecule has 2 rings (SSSR count). The molecule has 2 aromatic rings. The van der Waals surface area contributed by atoms with E-state index in [1.807, 2.05) is 49.4 Å². The molecule has 2 aromatic carbocycles. The van der Waals surface area contributed by atoms with E-state index >= 15 is 0 Å². The van der Waals surface area contributed by atoms with Crippen LogP contribution in [0, 0.1) is 6.92 Å². The van der Waals surface area contributed by atoms with E-state index in [-0.39, 0.29) is 11.8 Å². The highest BCUT2D eigenvalue weighted by molar-refractivity contribution is 7.99. The maximum atomic E-state index is 13.1. The van der Waals surface area contributed by atoms with Crippen molar-refractivity contribution in [1.29, 1.82) is 0 Å². The Morgan fingerprint density at radius 3 is 2.53 bits per heavy atom. The fraction of sp³-hybridized carbons (Fsp3) is 0.417. The second kappa shape index (κ2) is 12.7. The Labute approximate surface area is 189 Å². The third kappa shape index (κ3) is 8.04. The van der Waals surface area contributed by atoms with Crippen molar-refractivity contribution in [3.63, 3.8) is 0 Å². The molecule has 0 heterocycles. The summed E-state index contributed by atoms with van der Waals surface area (Å²) in [5, 5.41) is 3.65. The summed E-state index contributed by atoms with van der Waals surface area (Å²) in [6, 6.07) is 15.2. The quantitative estimate of drug-likeness (QED) is 0.481. The molecular formula is C24H31ClN2O2S. The number of amides is 2. The Balaban J connectivity index is 2.03. The largest absolute Gasteiger partial charge is 0.354 e. The maximum Gasteiger partial charge on any atom is 0.242 e. The van der Waals surface area contributed by atoms with Gasteiger partial charge in [0.25, 0.3) is 0 Å². The molecule has 0 aliphatic heterocycles. The van der Waals surface area contributed by atoms with Crippen LogP contribution in [-0.2, 0) is 21.9 Å². The lowest BCUT2D eigenvalue weighted by Crippen LogP contribution is -2.48. The molecule has 0 aliphatic rings. The molecule has 162 valence electrons. The molecule has 0 fully saturated rings. The topological polar surface area (TPSA) is 49.4 Å². The second-order valence-electron chi connectivity index (χ2n) is 7.45. The number of benzene rings is 2. The first-order chi connectivity index (χ1) is 14.4. The molecule has 0 saturated carbocycles. The number of nitrogens with one attached hydrogen (secondary N) is 1. The van der Waals surface area contributed by atoms with E-state index in [1.165, 1.54) is 0 Å². The minimum atomic E-state index is -0.522. The van der Waals surface area contributed by atoms with Gasteiger partial charge in [-0.25, -0.2) is 0 Å². The number of carbonyl (C=O) groups is 2. The van der Waals surface area contributed by atoms with Crippen molar-refractivity contribution in [2.24, 2.45) is 0 Å². The van der Waals surface area contributed by atoms with Gasteiger partial charge in [0.15, 0.2) is 0 Å². The van der Waals surface area contributed by atoms with Crippen molar-refractivity contribution in [3.8, 4) is 0 Å². The molecule has 30 heavy (non-hydrogen) atoms. The van der Waals surface area contributed by atoms with E-state index in [0.717, 1.165) is 35.3 Å². The fourth-order valence-corrected chi connectivity index (χ4v) is 4.04. The molecule has 2 amide bonds. The van der Waals surface area contributed by atoms with Crippen LogP contribution in [0.15, 0.2) is 48.5 Å². The Morgan fingerprint density at radius 2 is 1.87 bits per heavy atom. The third-order valence-corrected chi connectivity index (χ3v) is 6.08. The van der Waals surface area contributed by atoms with Crippen molar-refractivity contribution >= 4 is 35.2 Å². The van der Waals surface area contributed by atoms with E-state index in [1.54, 1.807) is 23.6 Å². The molecule has 1 N–H and O–H groups in total. The highest BCUT2D eigenvalue weighted by Gasteiger charge is 2.25. The first-order valence-corrected chi connectivity index (χ1v) is 11.9. The normalized spacial score (nSPS) is 11.7. The summed E-state index contributed by atoms with van der Waals surface area (Å²) in [6.45, 7) is 6.97. The lowest BCUT2D eigenvalue weighted by atomic mass is 10.1. The van der Waals surface area contributed by atoms with Crippen molar-refractivity contribution < 1.29 is 9.59 Å². The number of hydrogen-bond donors (Lipinski definition) is 1. The van der Waals surface area contributed by atoms with Gasteiger partial charge in [-0.2, -0.15) is 0 Å². The number of thioether (sulfide) groups is 1. The van der Waals surface area contributed by atoms with Gasteiger partial charge in [0, 0.05) is 23.9 Å². The first kappa shape index (κ1) is 24.3. The van der Waals surface area contributed by atoms with Gasteiger partial charge in [0.05, 0.1) is 5.75 Å². The minimum absolute atomic E-state index is 0.0337. The highest BCUT2D eigenvalue weighted by Crippen LogP contribution is 2.18. The molecule has 1 unspecified atom stereocenters. The van der Waals surface area contributed by atoms with Gasteiger partial charge in [-0.1, -0.05) is 66.9 Å². The maximum absolute atomic E-state index is 13.1. The van der Waals surface area contributed by atoms with Gasteiger partial charge in [-0.3, -0.25) is 9.59 Å². The highest BCUT2D eigenvalue weighted by atomic mass is 35.5. The Morgan fingerprint density at radius 1 is 1.13 bits per heavy atom. The Hall–Kier alpha value is -1.98. The van der Waals surface area contributed by atoms with Gasteiger partial charge < -0.3 is 10.2 Å². The molecule has 0 radical (unpaired) electrons. The molecule has 0 aromatic heterocycles. The van der Waals surface area contributed by atoms with E-state index in [0.29, 0.717) is 23.9 Å². The van der Waals surface area contributed by atoms with Crippen molar-refractivity contribution in [3.05, 3.63) is 70.2 Å². The number of nitrogens with zero attached hydrogens (tertiary/aromatic N) is 1. The SMILES string of the molecule is CCCCNC(=O)C(C)N(Cc1cccc(C)c1)C(=O)CSCc1ccc(Cl)cc1. The van der Waals surface area contributed by atoms with Gasteiger partial charge in [-0.05, 0) is 43.5 Å². The summed E-state index contributed by atoms with van der Waals surface area (Å²) in [4.78, 5) is 27.4. The summed E-state index contributed by atoms with van der Waals surface area (Å²) in [7, 11) is 0. The van der Waals surface area contributed by atoms with Crippen LogP contribution in [0.1, 0.15) is 43.4 Å². The predicted molar refractivity (Wildman–Crippen MR) is 127 cm³/mol. The summed E-state index contributed by atoms with van der Waals surface area (Å²) < 4.78 is 0. The van der Waals surface area contributed by atoms with Crippen molar-refractivity contribution in [2.75, 3.05) is 12.3 Å². The van der Waals surface area contributed by atoms with E-state index in [2.05, 4.69) is 18.3 Å². The van der Waals surface area contributed by atoms with Crippen LogP contribution in [0.4, 0.5) is 0 Å². The monoisotopic (exact) mass is 446 g/mol. The second-order valence-corrected chi connectivity index (χ2v) is 8.87. The van der Waals surface area contributed by atoms with E-state index < -0.39 is 6.04 Å². The first-order valence-electron chi connectivity index (χ1n) is 10.4. The fourth-order valence-electron chi connectivity index (χ4n) is 3.05. The van der Waals surface area contributed by atoms with Crippen LogP contribution < -0.4 is 5.32 Å². The molecule has 0 bridgehead atoms. The van der Waals surface area contributed by atoms with Crippen LogP contribution in [-0.4, -0.2) is 35.1 Å². The summed E-state index contributed by atoms with van der Waals surface area (Å²) >= 11 is 7.48. The van der Waals surface area contributed by atoms with Gasteiger partial charge in [0.2, 0.25) is 11.8 Å². The zero-order valence-corrected chi connectivity index (χ0v) is 19.6. The zero-order chi connectivity index (χ0) is 21.9. The lowest BCUT2D eigenvalue weighted by Gasteiger charge is -2.29. The molecule has 6 heteroatoms. The summed E-state index contributed by atoms with van der Waals surface area (Å²) in [6.07, 6.45) is 1.95. The number of unbranched alkanes of at least 4 members (excludes halogenated alkanes) is 1. The van der Waals surface area contributed by atoms with Gasteiger partial charge in [-0.15, -0.1) is 11.8 Å². The number of hydrogen-bond acceptors (Lipinski definition) is 3. The minimum Gasteiger partial charge on any atom is -0.354 e. The van der Waals surface area contributed by atoms with E-state index in [4.69, 9.17) is 11.6 Å². The van der Waals surface area contributed by atoms with Gasteiger partial charge in [0.1, 0.15) is 6.04 Å². The van der Waals surface area contributed by atoms with Gasteiger partial charge >= 0.3 is 0 Å². The number of aryl methyl sites for hydroxylation is 1. The number of carbonyl (C=O) groups excluding carboxylic acids is 2. The third-order valence-electron chi connectivity index (χ3n) is 4.84. The van der Waals surface area contributed by atoms with E-state index in [9.17, 15) is 9.59 Å². The average molecular weight is 447 g/mol.